The number of aliphatic imine (C=N–C) groups is 1. The largest absolute Gasteiger partial charge is 0.402 e. The molecule has 1 heterocycles. The van der Waals surface area contributed by atoms with Crippen LogP contribution in [0.3, 0.4) is 0 Å². The molecule has 0 spiro atoms. The molecule has 24 heavy (non-hydrogen) atoms. The Morgan fingerprint density at radius 1 is 0.833 bits per heavy atom. The predicted octanol–water partition coefficient (Wildman–Crippen LogP) is 4.82. The number of esters is 1. The number of hydrogen-bond donors (Lipinski definition) is 0. The van der Waals surface area contributed by atoms with Crippen molar-refractivity contribution in [2.24, 2.45) is 4.99 Å². The van der Waals surface area contributed by atoms with Crippen LogP contribution < -0.4 is 0 Å². The highest BCUT2D eigenvalue weighted by molar-refractivity contribution is 6.12. The molecule has 3 nitrogen and oxygen atoms in total. The Hall–Kier alpha value is -3.20. The van der Waals surface area contributed by atoms with E-state index in [2.05, 4.69) is 11.1 Å². The quantitative estimate of drug-likeness (QED) is 0.502. The molecule has 4 rings (SSSR count). The Labute approximate surface area is 140 Å². The molecule has 3 aromatic rings. The normalized spacial score (nSPS) is 15.1. The summed E-state index contributed by atoms with van der Waals surface area (Å²) in [6.07, 6.45) is 1.75. The van der Waals surface area contributed by atoms with Gasteiger partial charge in [-0.25, -0.2) is 9.79 Å². The average Bonchev–Trinajstić information content (AvgIpc) is 2.96. The van der Waals surface area contributed by atoms with E-state index >= 15 is 0 Å². The number of benzene rings is 3. The average molecular weight is 315 g/mol. The van der Waals surface area contributed by atoms with E-state index in [1.165, 1.54) is 0 Å². The van der Waals surface area contributed by atoms with Gasteiger partial charge in [0, 0.05) is 5.56 Å². The zero-order valence-electron chi connectivity index (χ0n) is 12.3. The van der Waals surface area contributed by atoms with E-state index in [0.717, 1.165) is 21.9 Å². The predicted molar refractivity (Wildman–Crippen MR) is 97.7 cm³/mol. The van der Waals surface area contributed by atoms with Crippen LogP contribution in [0.1, 0.15) is 18.6 Å². The lowest BCUT2D eigenvalue weighted by Crippen LogP contribution is -2.04. The second-order valence-corrected chi connectivity index (χ2v) is 5.31. The zero-order chi connectivity index (χ0) is 15.6. The van der Waals surface area contributed by atoms with Gasteiger partial charge in [0.1, 0.15) is 0 Å². The highest BCUT2D eigenvalue weighted by Crippen LogP contribution is 2.21. The zero-order valence-corrected chi connectivity index (χ0v) is 12.3. The van der Waals surface area contributed by atoms with E-state index in [4.69, 9.17) is 4.74 Å². The fourth-order valence-corrected chi connectivity index (χ4v) is 2.57. The minimum atomic E-state index is -0.419. The molecule has 3 heteroatoms. The Morgan fingerprint density at radius 2 is 1.54 bits per heavy atom. The molecule has 0 aliphatic carbocycles. The van der Waals surface area contributed by atoms with Crippen LogP contribution in [-0.2, 0) is 9.53 Å². The van der Waals surface area contributed by atoms with Crippen LogP contribution in [-0.4, -0.2) is 11.9 Å². The Bertz CT molecular complexity index is 956. The Kier molecular flexibility index (Phi) is 4.25. The number of hydrogen-bond acceptors (Lipinski definition) is 3. The van der Waals surface area contributed by atoms with Crippen LogP contribution >= 0.6 is 0 Å². The van der Waals surface area contributed by atoms with E-state index in [1.807, 2.05) is 66.7 Å². The number of cyclic esters (lactones) is 1. The van der Waals surface area contributed by atoms with Gasteiger partial charge in [0.2, 0.25) is 5.90 Å². The smallest absolute Gasteiger partial charge is 0.363 e. The van der Waals surface area contributed by atoms with Crippen molar-refractivity contribution in [2.75, 3.05) is 0 Å². The Morgan fingerprint density at radius 3 is 2.33 bits per heavy atom. The van der Waals surface area contributed by atoms with Crippen LogP contribution in [0.5, 0.6) is 0 Å². The summed E-state index contributed by atoms with van der Waals surface area (Å²) in [6.45, 7) is 0. The van der Waals surface area contributed by atoms with Crippen LogP contribution in [0.4, 0.5) is 0 Å². The van der Waals surface area contributed by atoms with Crippen LogP contribution in [0.25, 0.3) is 16.8 Å². The van der Waals surface area contributed by atoms with Crippen LogP contribution in [0.15, 0.2) is 83.5 Å². The number of carbonyl (C=O) groups excluding carboxylic acids is 1. The van der Waals surface area contributed by atoms with Crippen molar-refractivity contribution < 1.29 is 9.53 Å². The third-order valence-electron chi connectivity index (χ3n) is 3.72. The molecule has 0 saturated heterocycles. The summed E-state index contributed by atoms with van der Waals surface area (Å²) in [6, 6.07) is 23.6. The fourth-order valence-electron chi connectivity index (χ4n) is 2.57. The highest BCUT2D eigenvalue weighted by atomic mass is 16.6. The molecule has 3 aromatic carbocycles. The number of nitrogens with zero attached hydrogens (tertiary/aromatic N) is 1. The molecule has 1 aliphatic heterocycles. The van der Waals surface area contributed by atoms with Gasteiger partial charge >= 0.3 is 5.97 Å². The molecule has 0 atom stereocenters. The minimum absolute atomic E-state index is 0. The van der Waals surface area contributed by atoms with Crippen molar-refractivity contribution in [1.82, 2.24) is 0 Å². The van der Waals surface area contributed by atoms with Crippen molar-refractivity contribution in [2.45, 2.75) is 7.43 Å². The van der Waals surface area contributed by atoms with Crippen molar-refractivity contribution in [3.8, 4) is 0 Å². The van der Waals surface area contributed by atoms with Crippen molar-refractivity contribution in [3.63, 3.8) is 0 Å². The van der Waals surface area contributed by atoms with Gasteiger partial charge in [-0.3, -0.25) is 0 Å². The molecule has 0 amide bonds. The molecular weight excluding hydrogens is 298 g/mol. The molecule has 118 valence electrons. The number of ether oxygens (including phenoxy) is 1. The van der Waals surface area contributed by atoms with Gasteiger partial charge in [-0.15, -0.1) is 0 Å². The van der Waals surface area contributed by atoms with Gasteiger partial charge < -0.3 is 4.74 Å². The highest BCUT2D eigenvalue weighted by Gasteiger charge is 2.23. The van der Waals surface area contributed by atoms with Crippen LogP contribution in [0.2, 0.25) is 0 Å². The third kappa shape index (κ3) is 2.97. The summed E-state index contributed by atoms with van der Waals surface area (Å²) in [5.74, 6) is -0.0698. The molecule has 0 unspecified atom stereocenters. The summed E-state index contributed by atoms with van der Waals surface area (Å²) < 4.78 is 5.26. The lowest BCUT2D eigenvalue weighted by molar-refractivity contribution is -0.129. The maximum atomic E-state index is 12.0. The molecule has 0 aromatic heterocycles. The number of rotatable bonds is 2. The molecule has 0 saturated carbocycles. The lowest BCUT2D eigenvalue weighted by atomic mass is 10.1. The van der Waals surface area contributed by atoms with Gasteiger partial charge in [0.05, 0.1) is 0 Å². The third-order valence-corrected chi connectivity index (χ3v) is 3.72. The van der Waals surface area contributed by atoms with E-state index in [9.17, 15) is 4.79 Å². The van der Waals surface area contributed by atoms with E-state index in [1.54, 1.807) is 6.08 Å². The molecule has 0 radical (unpaired) electrons. The molecular formula is C21H17NO2. The number of carbonyl (C=O) groups is 1. The monoisotopic (exact) mass is 315 g/mol. The molecule has 1 aliphatic rings. The second-order valence-electron chi connectivity index (χ2n) is 5.31. The van der Waals surface area contributed by atoms with Gasteiger partial charge in [-0.05, 0) is 40.6 Å². The van der Waals surface area contributed by atoms with Gasteiger partial charge in [-0.2, -0.15) is 0 Å². The molecule has 0 fully saturated rings. The first kappa shape index (κ1) is 15.7. The molecule has 0 bridgehead atoms. The maximum Gasteiger partial charge on any atom is 0.363 e. The van der Waals surface area contributed by atoms with Gasteiger partial charge in [-0.1, -0.05) is 62.0 Å². The topological polar surface area (TPSA) is 38.7 Å². The van der Waals surface area contributed by atoms with Crippen molar-refractivity contribution in [3.05, 3.63) is 89.6 Å². The second kappa shape index (κ2) is 6.50. The first-order valence-corrected chi connectivity index (χ1v) is 7.36. The lowest BCUT2D eigenvalue weighted by Gasteiger charge is -1.99. The molecule has 0 N–H and O–H groups in total. The summed E-state index contributed by atoms with van der Waals surface area (Å²) in [4.78, 5) is 16.3. The first-order valence-electron chi connectivity index (χ1n) is 7.36. The van der Waals surface area contributed by atoms with Gasteiger partial charge in [0.25, 0.3) is 0 Å². The summed E-state index contributed by atoms with van der Waals surface area (Å²) in [7, 11) is 0. The van der Waals surface area contributed by atoms with Crippen molar-refractivity contribution >= 4 is 28.7 Å². The number of fused-ring (bicyclic) bond motifs is 1. The summed E-state index contributed by atoms with van der Waals surface area (Å²) >= 11 is 0. The summed E-state index contributed by atoms with van der Waals surface area (Å²) in [5.41, 5.74) is 2.04. The van der Waals surface area contributed by atoms with Crippen molar-refractivity contribution in [1.29, 1.82) is 0 Å². The van der Waals surface area contributed by atoms with Crippen LogP contribution in [0, 0.1) is 0 Å². The SMILES string of the molecule is C.O=C1OC(c2ccccc2)=N/C1=C\c1ccc2ccccc2c1. The minimum Gasteiger partial charge on any atom is -0.402 e. The first-order chi connectivity index (χ1) is 11.3. The Balaban J connectivity index is 0.00000169. The maximum absolute atomic E-state index is 12.0. The fraction of sp³-hybridized carbons (Fsp3) is 0.0476. The standard InChI is InChI=1S/C20H13NO2.CH4/c22-20-18(21-19(23-20)16-7-2-1-3-8-16)13-14-10-11-15-6-4-5-9-17(15)12-14;/h1-13H;1H4/b18-13-;. The van der Waals surface area contributed by atoms with E-state index < -0.39 is 5.97 Å². The summed E-state index contributed by atoms with van der Waals surface area (Å²) in [5, 5.41) is 2.29. The van der Waals surface area contributed by atoms with E-state index in [0.29, 0.717) is 11.6 Å². The van der Waals surface area contributed by atoms with E-state index in [-0.39, 0.29) is 7.43 Å². The van der Waals surface area contributed by atoms with Gasteiger partial charge in [0.15, 0.2) is 5.70 Å².